The lowest BCUT2D eigenvalue weighted by atomic mass is 10.2. The molecule has 3 rings (SSSR count). The molecule has 10 heteroatoms. The fourth-order valence-corrected chi connectivity index (χ4v) is 3.12. The van der Waals surface area contributed by atoms with Gasteiger partial charge in [0.05, 0.1) is 5.69 Å². The first-order valence-corrected chi connectivity index (χ1v) is 10.1. The van der Waals surface area contributed by atoms with Gasteiger partial charge in [-0.2, -0.15) is 10.2 Å². The molecule has 1 aromatic carbocycles. The topological polar surface area (TPSA) is 74.0 Å². The summed E-state index contributed by atoms with van der Waals surface area (Å²) in [6.07, 6.45) is 2.34. The summed E-state index contributed by atoms with van der Waals surface area (Å²) in [7, 11) is 0. The summed E-state index contributed by atoms with van der Waals surface area (Å²) in [5.74, 6) is 0.424. The second-order valence-electron chi connectivity index (χ2n) is 6.45. The molecule has 0 aliphatic carbocycles. The average molecular weight is 457 g/mol. The number of amides is 1. The van der Waals surface area contributed by atoms with Crippen molar-refractivity contribution in [3.63, 3.8) is 0 Å². The Hall–Kier alpha value is -2.22. The van der Waals surface area contributed by atoms with Gasteiger partial charge in [-0.05, 0) is 50.1 Å². The number of carbonyl (C=O) groups is 1. The Morgan fingerprint density at radius 2 is 1.97 bits per heavy atom. The molecule has 29 heavy (non-hydrogen) atoms. The smallest absolute Gasteiger partial charge is 0.271 e. The van der Waals surface area contributed by atoms with Crippen molar-refractivity contribution < 1.29 is 9.53 Å². The third-order valence-electron chi connectivity index (χ3n) is 4.19. The van der Waals surface area contributed by atoms with Crippen LogP contribution in [0.25, 0.3) is 0 Å². The van der Waals surface area contributed by atoms with E-state index in [0.717, 1.165) is 5.56 Å². The van der Waals surface area contributed by atoms with Crippen LogP contribution < -0.4 is 10.1 Å². The minimum absolute atomic E-state index is 0.187. The summed E-state index contributed by atoms with van der Waals surface area (Å²) in [5.41, 5.74) is 1.93. The molecule has 0 aliphatic rings. The van der Waals surface area contributed by atoms with E-state index in [1.165, 1.54) is 0 Å². The van der Waals surface area contributed by atoms with Crippen LogP contribution in [0.4, 0.5) is 0 Å². The second kappa shape index (κ2) is 9.52. The lowest BCUT2D eigenvalue weighted by molar-refractivity contribution is 0.0945. The molecule has 3 aromatic rings. The molecule has 0 saturated heterocycles. The van der Waals surface area contributed by atoms with Gasteiger partial charge >= 0.3 is 0 Å². The number of nitrogens with one attached hydrogen (secondary N) is 1. The molecule has 1 N–H and O–H groups in total. The van der Waals surface area contributed by atoms with Crippen LogP contribution in [0.15, 0.2) is 30.5 Å². The summed E-state index contributed by atoms with van der Waals surface area (Å²) in [6, 6.07) is 7.05. The largest absolute Gasteiger partial charge is 0.471 e. The van der Waals surface area contributed by atoms with Gasteiger partial charge in [-0.1, -0.05) is 34.8 Å². The number of hydrogen-bond acceptors (Lipinski definition) is 4. The zero-order valence-electron chi connectivity index (χ0n) is 16.0. The first-order chi connectivity index (χ1) is 13.8. The second-order valence-corrected chi connectivity index (χ2v) is 7.59. The lowest BCUT2D eigenvalue weighted by Crippen LogP contribution is -2.26. The molecule has 2 aromatic heterocycles. The Morgan fingerprint density at radius 3 is 2.66 bits per heavy atom. The number of aromatic nitrogens is 4. The van der Waals surface area contributed by atoms with Crippen LogP contribution in [0, 0.1) is 13.8 Å². The maximum atomic E-state index is 12.2. The minimum Gasteiger partial charge on any atom is -0.471 e. The summed E-state index contributed by atoms with van der Waals surface area (Å²) in [4.78, 5) is 12.2. The van der Waals surface area contributed by atoms with E-state index in [9.17, 15) is 4.79 Å². The molecule has 7 nitrogen and oxygen atoms in total. The van der Waals surface area contributed by atoms with Crippen LogP contribution in [-0.2, 0) is 13.3 Å². The molecule has 0 radical (unpaired) electrons. The van der Waals surface area contributed by atoms with E-state index in [1.807, 2.05) is 13.0 Å². The first kappa shape index (κ1) is 21.5. The molecule has 0 bridgehead atoms. The monoisotopic (exact) mass is 455 g/mol. The summed E-state index contributed by atoms with van der Waals surface area (Å²) in [5, 5.41) is 12.8. The molecule has 0 spiro atoms. The van der Waals surface area contributed by atoms with Gasteiger partial charge in [-0.25, -0.2) is 4.68 Å². The van der Waals surface area contributed by atoms with E-state index in [1.54, 1.807) is 40.7 Å². The molecular formula is C19H20Cl3N5O2. The van der Waals surface area contributed by atoms with Crippen LogP contribution in [0.1, 0.15) is 28.2 Å². The van der Waals surface area contributed by atoms with Crippen molar-refractivity contribution in [3.8, 4) is 5.75 Å². The average Bonchev–Trinajstić information content (AvgIpc) is 3.27. The summed E-state index contributed by atoms with van der Waals surface area (Å²) < 4.78 is 8.84. The normalized spacial score (nSPS) is 10.9. The van der Waals surface area contributed by atoms with Crippen LogP contribution >= 0.6 is 34.8 Å². The molecular weight excluding hydrogens is 437 g/mol. The Bertz CT molecular complexity index is 1020. The SMILES string of the molecule is Cc1cc(OCn2ccc(C(=O)NCCCn3nc(C)c(Cl)c3Cl)n2)ccc1Cl. The number of hydrogen-bond donors (Lipinski definition) is 1. The van der Waals surface area contributed by atoms with Crippen molar-refractivity contribution in [3.05, 3.63) is 62.6 Å². The van der Waals surface area contributed by atoms with Crippen LogP contribution in [-0.4, -0.2) is 32.0 Å². The molecule has 0 saturated carbocycles. The number of halogens is 3. The van der Waals surface area contributed by atoms with Crippen molar-refractivity contribution in [1.29, 1.82) is 0 Å². The maximum absolute atomic E-state index is 12.2. The molecule has 1 amide bonds. The van der Waals surface area contributed by atoms with Gasteiger partial charge in [0.15, 0.2) is 6.73 Å². The third-order valence-corrected chi connectivity index (χ3v) is 5.55. The molecule has 154 valence electrons. The van der Waals surface area contributed by atoms with Crippen LogP contribution in [0.5, 0.6) is 5.75 Å². The number of rotatable bonds is 8. The first-order valence-electron chi connectivity index (χ1n) is 8.94. The highest BCUT2D eigenvalue weighted by molar-refractivity contribution is 6.41. The van der Waals surface area contributed by atoms with Gasteiger partial charge < -0.3 is 10.1 Å². The number of benzene rings is 1. The van der Waals surface area contributed by atoms with Crippen molar-refractivity contribution >= 4 is 40.7 Å². The van der Waals surface area contributed by atoms with Gasteiger partial charge in [0.1, 0.15) is 21.6 Å². The highest BCUT2D eigenvalue weighted by atomic mass is 35.5. The fourth-order valence-electron chi connectivity index (χ4n) is 2.60. The van der Waals surface area contributed by atoms with E-state index in [4.69, 9.17) is 39.5 Å². The van der Waals surface area contributed by atoms with Gasteiger partial charge in [0.2, 0.25) is 0 Å². The zero-order chi connectivity index (χ0) is 21.0. The van der Waals surface area contributed by atoms with Crippen molar-refractivity contribution in [1.82, 2.24) is 24.9 Å². The third kappa shape index (κ3) is 5.44. The molecule has 0 fully saturated rings. The Morgan fingerprint density at radius 1 is 1.17 bits per heavy atom. The lowest BCUT2D eigenvalue weighted by Gasteiger charge is -2.08. The van der Waals surface area contributed by atoms with Crippen LogP contribution in [0.3, 0.4) is 0 Å². The van der Waals surface area contributed by atoms with E-state index >= 15 is 0 Å². The number of nitrogens with zero attached hydrogens (tertiary/aromatic N) is 4. The van der Waals surface area contributed by atoms with Crippen LogP contribution in [0.2, 0.25) is 15.2 Å². The fraction of sp³-hybridized carbons (Fsp3) is 0.316. The van der Waals surface area contributed by atoms with E-state index < -0.39 is 0 Å². The highest BCUT2D eigenvalue weighted by Gasteiger charge is 2.12. The molecule has 0 atom stereocenters. The molecule has 0 unspecified atom stereocenters. The van der Waals surface area contributed by atoms with Crippen molar-refractivity contribution in [2.75, 3.05) is 6.54 Å². The number of carbonyl (C=O) groups excluding carboxylic acids is 1. The quantitative estimate of drug-likeness (QED) is 0.506. The van der Waals surface area contributed by atoms with Gasteiger partial charge in [0.25, 0.3) is 5.91 Å². The predicted octanol–water partition coefficient (Wildman–Crippen LogP) is 4.51. The van der Waals surface area contributed by atoms with Gasteiger partial charge in [0, 0.05) is 24.3 Å². The summed E-state index contributed by atoms with van der Waals surface area (Å²) >= 11 is 18.1. The van der Waals surface area contributed by atoms with Crippen molar-refractivity contribution in [2.24, 2.45) is 0 Å². The zero-order valence-corrected chi connectivity index (χ0v) is 18.2. The van der Waals surface area contributed by atoms with Gasteiger partial charge in [-0.15, -0.1) is 0 Å². The van der Waals surface area contributed by atoms with Crippen molar-refractivity contribution in [2.45, 2.75) is 33.5 Å². The van der Waals surface area contributed by atoms with Gasteiger partial charge in [-0.3, -0.25) is 9.48 Å². The molecule has 2 heterocycles. The standard InChI is InChI=1S/C19H20Cl3N5O2/c1-12-10-14(4-5-15(12)20)29-11-26-9-6-16(25-26)19(28)23-7-3-8-27-18(22)17(21)13(2)24-27/h4-6,9-10H,3,7-8,11H2,1-2H3,(H,23,28). The van der Waals surface area contributed by atoms with E-state index in [2.05, 4.69) is 15.5 Å². The number of aryl methyl sites for hydroxylation is 3. The Kier molecular flexibility index (Phi) is 7.05. The highest BCUT2D eigenvalue weighted by Crippen LogP contribution is 2.25. The summed E-state index contributed by atoms with van der Waals surface area (Å²) in [6.45, 7) is 4.89. The van der Waals surface area contributed by atoms with E-state index in [-0.39, 0.29) is 12.6 Å². The Balaban J connectivity index is 1.45. The number of ether oxygens (including phenoxy) is 1. The minimum atomic E-state index is -0.258. The van der Waals surface area contributed by atoms with E-state index in [0.29, 0.717) is 51.8 Å². The maximum Gasteiger partial charge on any atom is 0.271 e. The predicted molar refractivity (Wildman–Crippen MR) is 113 cm³/mol. The Labute approximate surface area is 183 Å². The molecule has 0 aliphatic heterocycles.